The van der Waals surface area contributed by atoms with E-state index < -0.39 is 5.91 Å². The molecule has 0 saturated heterocycles. The number of hydrogen-bond acceptors (Lipinski definition) is 3. The lowest BCUT2D eigenvalue weighted by atomic mass is 10.1. The molecule has 0 spiro atoms. The van der Waals surface area contributed by atoms with Crippen LogP contribution in [0, 0.1) is 0 Å². The molecule has 0 radical (unpaired) electrons. The van der Waals surface area contributed by atoms with Crippen LogP contribution < -0.4 is 11.1 Å². The van der Waals surface area contributed by atoms with Crippen LogP contribution in [0.5, 0.6) is 0 Å². The van der Waals surface area contributed by atoms with Gasteiger partial charge in [-0.25, -0.2) is 4.68 Å². The van der Waals surface area contributed by atoms with E-state index in [1.54, 1.807) is 10.9 Å². The number of rotatable bonds is 5. The van der Waals surface area contributed by atoms with E-state index in [0.717, 1.165) is 17.8 Å². The van der Waals surface area contributed by atoms with Crippen molar-refractivity contribution in [1.29, 1.82) is 0 Å². The number of nitrogens with one attached hydrogen (secondary N) is 1. The highest BCUT2D eigenvalue weighted by molar-refractivity contribution is 5.92. The first-order valence-electron chi connectivity index (χ1n) is 6.30. The van der Waals surface area contributed by atoms with Gasteiger partial charge in [-0.2, -0.15) is 5.10 Å². The zero-order valence-electron chi connectivity index (χ0n) is 11.1. The molecule has 2 rings (SSSR count). The zero-order valence-corrected chi connectivity index (χ0v) is 11.1. The van der Waals surface area contributed by atoms with E-state index in [1.165, 1.54) is 6.20 Å². The second kappa shape index (κ2) is 5.67. The van der Waals surface area contributed by atoms with Crippen molar-refractivity contribution in [3.63, 3.8) is 0 Å². The van der Waals surface area contributed by atoms with Crippen molar-refractivity contribution in [3.05, 3.63) is 47.8 Å². The van der Waals surface area contributed by atoms with Crippen LogP contribution in [-0.4, -0.2) is 22.2 Å². The van der Waals surface area contributed by atoms with Crippen molar-refractivity contribution in [2.45, 2.75) is 19.9 Å². The Balaban J connectivity index is 2.40. The monoisotopic (exact) mass is 258 g/mol. The molecule has 3 N–H and O–H groups in total. The highest BCUT2D eigenvalue weighted by Crippen LogP contribution is 2.21. The fraction of sp³-hybridized carbons (Fsp3) is 0.286. The number of carbonyl (C=O) groups excluding carboxylic acids is 1. The molecule has 1 atom stereocenters. The van der Waals surface area contributed by atoms with Crippen LogP contribution in [0.25, 0.3) is 5.69 Å². The van der Waals surface area contributed by atoms with Gasteiger partial charge < -0.3 is 11.1 Å². The molecule has 1 heterocycles. The third-order valence-electron chi connectivity index (χ3n) is 3.03. The van der Waals surface area contributed by atoms with Gasteiger partial charge in [-0.15, -0.1) is 0 Å². The first-order valence-corrected chi connectivity index (χ1v) is 6.30. The second-order valence-electron chi connectivity index (χ2n) is 4.38. The minimum atomic E-state index is -0.469. The van der Waals surface area contributed by atoms with E-state index in [2.05, 4.69) is 24.3 Å². The molecule has 1 unspecified atom stereocenters. The van der Waals surface area contributed by atoms with Crippen molar-refractivity contribution in [1.82, 2.24) is 15.1 Å². The molecule has 0 aliphatic heterocycles. The molecule has 0 aliphatic rings. The number of amides is 1. The summed E-state index contributed by atoms with van der Waals surface area (Å²) in [6.07, 6.45) is 3.14. The number of benzene rings is 1. The number of aromatic nitrogens is 2. The molecule has 5 nitrogen and oxygen atoms in total. The Labute approximate surface area is 112 Å². The van der Waals surface area contributed by atoms with Crippen LogP contribution in [0.3, 0.4) is 0 Å². The summed E-state index contributed by atoms with van der Waals surface area (Å²) in [6, 6.07) is 8.17. The maximum Gasteiger partial charge on any atom is 0.251 e. The lowest BCUT2D eigenvalue weighted by molar-refractivity contribution is 0.100. The molecule has 1 aromatic heterocycles. The number of nitrogens with two attached hydrogens (primary N) is 1. The standard InChI is InChI=1S/C14H18N4O/c1-3-16-10(2)12-6-4-5-7-13(12)18-9-11(8-17-18)14(15)19/h4-10,16H,3H2,1-2H3,(H2,15,19). The van der Waals surface area contributed by atoms with Gasteiger partial charge >= 0.3 is 0 Å². The summed E-state index contributed by atoms with van der Waals surface area (Å²) in [5.74, 6) is -0.469. The largest absolute Gasteiger partial charge is 0.366 e. The third kappa shape index (κ3) is 2.82. The fourth-order valence-electron chi connectivity index (χ4n) is 2.06. The summed E-state index contributed by atoms with van der Waals surface area (Å²) in [6.45, 7) is 5.06. The van der Waals surface area contributed by atoms with E-state index >= 15 is 0 Å². The van der Waals surface area contributed by atoms with Crippen LogP contribution >= 0.6 is 0 Å². The lowest BCUT2D eigenvalue weighted by Crippen LogP contribution is -2.19. The fourth-order valence-corrected chi connectivity index (χ4v) is 2.06. The van der Waals surface area contributed by atoms with Crippen molar-refractivity contribution in [2.24, 2.45) is 5.73 Å². The Morgan fingerprint density at radius 2 is 2.21 bits per heavy atom. The van der Waals surface area contributed by atoms with Crippen molar-refractivity contribution in [2.75, 3.05) is 6.54 Å². The summed E-state index contributed by atoms with van der Waals surface area (Å²) in [7, 11) is 0. The predicted molar refractivity (Wildman–Crippen MR) is 74.2 cm³/mol. The van der Waals surface area contributed by atoms with E-state index in [9.17, 15) is 4.79 Å². The average Bonchev–Trinajstić information content (AvgIpc) is 2.88. The Morgan fingerprint density at radius 3 is 2.84 bits per heavy atom. The number of nitrogens with zero attached hydrogens (tertiary/aromatic N) is 2. The summed E-state index contributed by atoms with van der Waals surface area (Å²) in [4.78, 5) is 11.1. The molecule has 5 heteroatoms. The number of para-hydroxylation sites is 1. The van der Waals surface area contributed by atoms with E-state index in [1.807, 2.05) is 24.3 Å². The van der Waals surface area contributed by atoms with Gasteiger partial charge in [0.1, 0.15) is 0 Å². The average molecular weight is 258 g/mol. The normalized spacial score (nSPS) is 12.3. The minimum Gasteiger partial charge on any atom is -0.366 e. The number of carbonyl (C=O) groups is 1. The van der Waals surface area contributed by atoms with Gasteiger partial charge in [-0.3, -0.25) is 4.79 Å². The Hall–Kier alpha value is -2.14. The first kappa shape index (κ1) is 13.3. The predicted octanol–water partition coefficient (Wildman–Crippen LogP) is 1.64. The van der Waals surface area contributed by atoms with Gasteiger partial charge in [0.15, 0.2) is 0 Å². The molecule has 0 saturated carbocycles. The summed E-state index contributed by atoms with van der Waals surface area (Å²) in [5, 5.41) is 7.57. The zero-order chi connectivity index (χ0) is 13.8. The molecule has 1 amide bonds. The molecular weight excluding hydrogens is 240 g/mol. The smallest absolute Gasteiger partial charge is 0.251 e. The maximum atomic E-state index is 11.1. The van der Waals surface area contributed by atoms with Gasteiger partial charge in [0, 0.05) is 12.2 Å². The Kier molecular flexibility index (Phi) is 3.97. The van der Waals surface area contributed by atoms with Crippen molar-refractivity contribution >= 4 is 5.91 Å². The molecule has 19 heavy (non-hydrogen) atoms. The van der Waals surface area contributed by atoms with Crippen LogP contribution in [0.4, 0.5) is 0 Å². The van der Waals surface area contributed by atoms with Gasteiger partial charge in [-0.1, -0.05) is 25.1 Å². The van der Waals surface area contributed by atoms with Crippen LogP contribution in [-0.2, 0) is 0 Å². The molecule has 0 fully saturated rings. The SMILES string of the molecule is CCNC(C)c1ccccc1-n1cc(C(N)=O)cn1. The van der Waals surface area contributed by atoms with Crippen LogP contribution in [0.15, 0.2) is 36.7 Å². The molecule has 0 aliphatic carbocycles. The molecule has 0 bridgehead atoms. The van der Waals surface area contributed by atoms with Gasteiger partial charge in [0.25, 0.3) is 5.91 Å². The van der Waals surface area contributed by atoms with E-state index in [0.29, 0.717) is 5.56 Å². The highest BCUT2D eigenvalue weighted by atomic mass is 16.1. The quantitative estimate of drug-likeness (QED) is 0.856. The van der Waals surface area contributed by atoms with E-state index in [-0.39, 0.29) is 6.04 Å². The van der Waals surface area contributed by atoms with Gasteiger partial charge in [0.2, 0.25) is 0 Å². The Bertz CT molecular complexity index is 576. The van der Waals surface area contributed by atoms with Crippen LogP contribution in [0.2, 0.25) is 0 Å². The highest BCUT2D eigenvalue weighted by Gasteiger charge is 2.12. The Morgan fingerprint density at radius 1 is 1.47 bits per heavy atom. The molecule has 100 valence electrons. The molecule has 1 aromatic carbocycles. The summed E-state index contributed by atoms with van der Waals surface area (Å²) < 4.78 is 1.68. The second-order valence-corrected chi connectivity index (χ2v) is 4.38. The minimum absolute atomic E-state index is 0.211. The van der Waals surface area contributed by atoms with Gasteiger partial charge in [0.05, 0.1) is 17.4 Å². The first-order chi connectivity index (χ1) is 9.13. The number of primary amides is 1. The summed E-state index contributed by atoms with van der Waals surface area (Å²) >= 11 is 0. The lowest BCUT2D eigenvalue weighted by Gasteiger charge is -2.16. The third-order valence-corrected chi connectivity index (χ3v) is 3.03. The molecular formula is C14H18N4O. The molecule has 2 aromatic rings. The summed E-state index contributed by atoms with van der Waals surface area (Å²) in [5.41, 5.74) is 7.73. The van der Waals surface area contributed by atoms with Gasteiger partial charge in [-0.05, 0) is 25.1 Å². The van der Waals surface area contributed by atoms with Crippen molar-refractivity contribution < 1.29 is 4.79 Å². The number of hydrogen-bond donors (Lipinski definition) is 2. The maximum absolute atomic E-state index is 11.1. The topological polar surface area (TPSA) is 72.9 Å². The van der Waals surface area contributed by atoms with E-state index in [4.69, 9.17) is 5.73 Å². The van der Waals surface area contributed by atoms with Crippen LogP contribution in [0.1, 0.15) is 35.8 Å². The van der Waals surface area contributed by atoms with Crippen molar-refractivity contribution in [3.8, 4) is 5.69 Å².